The molecule has 1 aromatic heterocycles. The van der Waals surface area contributed by atoms with Gasteiger partial charge in [-0.15, -0.1) is 0 Å². The number of ether oxygens (including phenoxy) is 3. The summed E-state index contributed by atoms with van der Waals surface area (Å²) in [6.07, 6.45) is 0.331. The lowest BCUT2D eigenvalue weighted by Crippen LogP contribution is -2.59. The summed E-state index contributed by atoms with van der Waals surface area (Å²) in [6.45, 7) is 7.14. The zero-order valence-corrected chi connectivity index (χ0v) is 31.4. The molecule has 0 bridgehead atoms. The number of pyridine rings is 1. The number of amides is 4. The van der Waals surface area contributed by atoms with Crippen LogP contribution in [0.1, 0.15) is 59.8 Å². The van der Waals surface area contributed by atoms with Gasteiger partial charge in [0.15, 0.2) is 0 Å². The highest BCUT2D eigenvalue weighted by Gasteiger charge is 2.62. The van der Waals surface area contributed by atoms with E-state index in [4.69, 9.17) is 19.2 Å². The summed E-state index contributed by atoms with van der Waals surface area (Å²) >= 11 is 0. The summed E-state index contributed by atoms with van der Waals surface area (Å²) in [5.74, 6) is -1.49. The molecule has 2 saturated carbocycles. The van der Waals surface area contributed by atoms with Crippen LogP contribution in [0.25, 0.3) is 22.2 Å². The standard InChI is InChI=1S/C38H47N5O9S/c1-6-24-20-38(24,36(46)42-53(48,49)27-14-15-27)41-34(44)31-18-26(21-43(31)35(45)33(22(3)4)40-37(47)51-7-2)52-32-19-29(23-11-9-8-10-12-23)39-30-17-25(50-5)13-16-28(30)32/h8-13,16-17,19,22,24,26-27,31,33H,6-7,14-15,18,20-21H2,1-5H3,(H,40,47)(H,41,44)(H,42,46)/t24?,26-,31+,33+,38-/m1/s1. The molecule has 15 heteroatoms. The second kappa shape index (κ2) is 15.2. The van der Waals surface area contributed by atoms with E-state index >= 15 is 0 Å². The van der Waals surface area contributed by atoms with Crippen LogP contribution in [-0.4, -0.2) is 91.4 Å². The third-order valence-corrected chi connectivity index (χ3v) is 12.0. The van der Waals surface area contributed by atoms with Crippen LogP contribution >= 0.6 is 0 Å². The van der Waals surface area contributed by atoms with Crippen molar-refractivity contribution in [1.29, 1.82) is 0 Å². The Morgan fingerprint density at radius 1 is 1.04 bits per heavy atom. The minimum Gasteiger partial charge on any atom is -0.497 e. The van der Waals surface area contributed by atoms with Gasteiger partial charge >= 0.3 is 6.09 Å². The summed E-state index contributed by atoms with van der Waals surface area (Å²) in [7, 11) is -2.30. The first-order valence-corrected chi connectivity index (χ1v) is 19.7. The Labute approximate surface area is 309 Å². The number of nitrogens with zero attached hydrogens (tertiary/aromatic N) is 2. The molecule has 3 fully saturated rings. The molecule has 3 N–H and O–H groups in total. The number of carbonyl (C=O) groups excluding carboxylic acids is 4. The first kappa shape index (κ1) is 37.8. The van der Waals surface area contributed by atoms with Gasteiger partial charge in [0, 0.05) is 29.5 Å². The molecule has 6 rings (SSSR count). The minimum atomic E-state index is -3.87. The molecule has 4 amide bonds. The first-order chi connectivity index (χ1) is 25.3. The molecule has 2 heterocycles. The quantitative estimate of drug-likeness (QED) is 0.219. The van der Waals surface area contributed by atoms with E-state index in [-0.39, 0.29) is 37.8 Å². The largest absolute Gasteiger partial charge is 0.497 e. The van der Waals surface area contributed by atoms with Crippen molar-refractivity contribution in [2.45, 2.75) is 88.8 Å². The molecule has 2 aliphatic carbocycles. The molecule has 0 radical (unpaired) electrons. The molecule has 1 unspecified atom stereocenters. The number of likely N-dealkylation sites (tertiary alicyclic amines) is 1. The molecule has 2 aromatic carbocycles. The van der Waals surface area contributed by atoms with Crippen molar-refractivity contribution in [1.82, 2.24) is 25.2 Å². The number of fused-ring (bicyclic) bond motifs is 1. The summed E-state index contributed by atoms with van der Waals surface area (Å²) in [5.41, 5.74) is 0.684. The van der Waals surface area contributed by atoms with E-state index in [1.807, 2.05) is 49.4 Å². The fourth-order valence-electron chi connectivity index (χ4n) is 7.00. The van der Waals surface area contributed by atoms with Crippen LogP contribution in [0.15, 0.2) is 54.6 Å². The Hall–Kier alpha value is -4.92. The zero-order valence-electron chi connectivity index (χ0n) is 30.6. The van der Waals surface area contributed by atoms with Crippen LogP contribution in [0.3, 0.4) is 0 Å². The number of hydrogen-bond donors (Lipinski definition) is 3. The molecule has 53 heavy (non-hydrogen) atoms. The minimum absolute atomic E-state index is 0.0161. The first-order valence-electron chi connectivity index (χ1n) is 18.1. The maximum atomic E-state index is 14.3. The Morgan fingerprint density at radius 3 is 2.40 bits per heavy atom. The monoisotopic (exact) mass is 749 g/mol. The molecule has 1 saturated heterocycles. The average Bonchev–Trinajstić information content (AvgIpc) is 4.07. The smallest absolute Gasteiger partial charge is 0.407 e. The molecular formula is C38H47N5O9S. The third-order valence-electron chi connectivity index (χ3n) is 10.2. The predicted molar refractivity (Wildman–Crippen MR) is 196 cm³/mol. The van der Waals surface area contributed by atoms with Gasteiger partial charge in [-0.2, -0.15) is 0 Å². The maximum absolute atomic E-state index is 14.3. The summed E-state index contributed by atoms with van der Waals surface area (Å²) in [5, 5.41) is 5.58. The average molecular weight is 750 g/mol. The number of benzene rings is 2. The summed E-state index contributed by atoms with van der Waals surface area (Å²) in [6, 6.07) is 14.7. The van der Waals surface area contributed by atoms with Crippen molar-refractivity contribution < 1.29 is 41.8 Å². The van der Waals surface area contributed by atoms with E-state index in [1.165, 1.54) is 4.90 Å². The maximum Gasteiger partial charge on any atom is 0.407 e. The van der Waals surface area contributed by atoms with Crippen LogP contribution < -0.4 is 24.8 Å². The van der Waals surface area contributed by atoms with Crippen molar-refractivity contribution in [3.05, 3.63) is 54.6 Å². The molecule has 3 aliphatic rings. The molecule has 284 valence electrons. The number of aromatic nitrogens is 1. The Kier molecular flexibility index (Phi) is 10.9. The topological polar surface area (TPSA) is 182 Å². The fraction of sp³-hybridized carbons (Fsp3) is 0.500. The predicted octanol–water partition coefficient (Wildman–Crippen LogP) is 3.92. The van der Waals surface area contributed by atoms with Crippen LogP contribution in [0, 0.1) is 11.8 Å². The number of carbonyl (C=O) groups is 4. The van der Waals surface area contributed by atoms with Gasteiger partial charge < -0.3 is 29.7 Å². The van der Waals surface area contributed by atoms with Gasteiger partial charge in [-0.1, -0.05) is 57.5 Å². The number of nitrogens with one attached hydrogen (secondary N) is 3. The van der Waals surface area contributed by atoms with Crippen LogP contribution in [0.4, 0.5) is 4.79 Å². The van der Waals surface area contributed by atoms with E-state index in [0.717, 1.165) is 5.56 Å². The van der Waals surface area contributed by atoms with Crippen molar-refractivity contribution in [3.63, 3.8) is 0 Å². The molecular weight excluding hydrogens is 703 g/mol. The zero-order chi connectivity index (χ0) is 38.1. The number of hydrogen-bond acceptors (Lipinski definition) is 10. The van der Waals surface area contributed by atoms with Crippen molar-refractivity contribution in [3.8, 4) is 22.8 Å². The highest BCUT2D eigenvalue weighted by atomic mass is 32.2. The Morgan fingerprint density at radius 2 is 1.77 bits per heavy atom. The lowest BCUT2D eigenvalue weighted by atomic mass is 10.0. The van der Waals surface area contributed by atoms with Crippen LogP contribution in [-0.2, 0) is 29.1 Å². The van der Waals surface area contributed by atoms with E-state index in [0.29, 0.717) is 47.4 Å². The van der Waals surface area contributed by atoms with Gasteiger partial charge in [-0.05, 0) is 50.2 Å². The van der Waals surface area contributed by atoms with Gasteiger partial charge in [0.25, 0.3) is 5.91 Å². The van der Waals surface area contributed by atoms with Gasteiger partial charge in [0.1, 0.15) is 35.2 Å². The van der Waals surface area contributed by atoms with Crippen molar-refractivity contribution >= 4 is 44.7 Å². The van der Waals surface area contributed by atoms with Crippen molar-refractivity contribution in [2.75, 3.05) is 20.3 Å². The van der Waals surface area contributed by atoms with E-state index in [2.05, 4.69) is 15.4 Å². The fourth-order valence-corrected chi connectivity index (χ4v) is 8.36. The third kappa shape index (κ3) is 8.04. The number of methoxy groups -OCH3 is 1. The normalized spacial score (nSPS) is 22.9. The SMILES string of the molecule is CCOC(=O)N[C@H](C(=O)N1C[C@H](Oc2cc(-c3ccccc3)nc3cc(OC)ccc23)C[C@H]1C(=O)N[C@]1(C(=O)NS(=O)(=O)C2CC2)CC1CC)C(C)C. The lowest BCUT2D eigenvalue weighted by molar-refractivity contribution is -0.141. The molecule has 1 aliphatic heterocycles. The number of rotatable bonds is 14. The second-order valence-electron chi connectivity index (χ2n) is 14.3. The van der Waals surface area contributed by atoms with Crippen LogP contribution in [0.5, 0.6) is 11.5 Å². The molecule has 0 spiro atoms. The lowest BCUT2D eigenvalue weighted by Gasteiger charge is -2.31. The summed E-state index contributed by atoms with van der Waals surface area (Å²) in [4.78, 5) is 60.9. The van der Waals surface area contributed by atoms with Gasteiger partial charge in [-0.25, -0.2) is 18.2 Å². The highest BCUT2D eigenvalue weighted by molar-refractivity contribution is 7.91. The Balaban J connectivity index is 1.32. The van der Waals surface area contributed by atoms with Gasteiger partial charge in [-0.3, -0.25) is 19.1 Å². The Bertz CT molecular complexity index is 1990. The number of sulfonamides is 1. The second-order valence-corrected chi connectivity index (χ2v) is 16.2. The van der Waals surface area contributed by atoms with E-state index in [1.54, 1.807) is 40.0 Å². The van der Waals surface area contributed by atoms with E-state index in [9.17, 15) is 27.6 Å². The van der Waals surface area contributed by atoms with Gasteiger partial charge in [0.05, 0.1) is 36.7 Å². The molecule has 3 aromatic rings. The van der Waals surface area contributed by atoms with Crippen LogP contribution in [0.2, 0.25) is 0 Å². The summed E-state index contributed by atoms with van der Waals surface area (Å²) < 4.78 is 44.8. The van der Waals surface area contributed by atoms with Crippen molar-refractivity contribution in [2.24, 2.45) is 11.8 Å². The highest BCUT2D eigenvalue weighted by Crippen LogP contribution is 2.47. The molecule has 14 nitrogen and oxygen atoms in total. The number of alkyl carbamates (subject to hydrolysis) is 1. The molecule has 5 atom stereocenters. The van der Waals surface area contributed by atoms with E-state index < -0.39 is 62.8 Å². The van der Waals surface area contributed by atoms with Gasteiger partial charge in [0.2, 0.25) is 21.8 Å².